The lowest BCUT2D eigenvalue weighted by Gasteiger charge is -2.03. The monoisotopic (exact) mass is 238 g/mol. The van der Waals surface area contributed by atoms with Gasteiger partial charge in [0.05, 0.1) is 5.69 Å². The molecule has 0 radical (unpaired) electrons. The molecule has 13 heavy (non-hydrogen) atoms. The molecule has 2 aromatic rings. The highest BCUT2D eigenvalue weighted by Crippen LogP contribution is 2.15. The van der Waals surface area contributed by atoms with Crippen molar-refractivity contribution in [2.45, 2.75) is 6.92 Å². The minimum atomic E-state index is 0.613. The van der Waals surface area contributed by atoms with Crippen LogP contribution in [-0.4, -0.2) is 20.2 Å². The number of nitrogens with zero attached hydrogens (tertiary/aromatic N) is 4. The molecule has 5 heteroatoms. The van der Waals surface area contributed by atoms with E-state index >= 15 is 0 Å². The summed E-state index contributed by atoms with van der Waals surface area (Å²) in [6.45, 7) is 2.02. The summed E-state index contributed by atoms with van der Waals surface area (Å²) in [5, 5.41) is 11.2. The van der Waals surface area contributed by atoms with Crippen molar-refractivity contribution in [3.8, 4) is 5.69 Å². The third-order valence-electron chi connectivity index (χ3n) is 1.78. The molecular formula is C8H7BrN4. The quantitative estimate of drug-likeness (QED) is 0.761. The average molecular weight is 239 g/mol. The minimum Gasteiger partial charge on any atom is -0.187 e. The Morgan fingerprint density at radius 3 is 2.69 bits per heavy atom. The van der Waals surface area contributed by atoms with Crippen LogP contribution in [0.3, 0.4) is 0 Å². The van der Waals surface area contributed by atoms with E-state index in [0.29, 0.717) is 4.73 Å². The summed E-state index contributed by atoms with van der Waals surface area (Å²) in [7, 11) is 0. The summed E-state index contributed by atoms with van der Waals surface area (Å²) in [4.78, 5) is 0. The fourth-order valence-corrected chi connectivity index (χ4v) is 1.46. The highest BCUT2D eigenvalue weighted by molar-refractivity contribution is 9.10. The first-order valence-electron chi connectivity index (χ1n) is 3.79. The molecule has 0 aliphatic heterocycles. The van der Waals surface area contributed by atoms with Gasteiger partial charge in [-0.2, -0.15) is 4.68 Å². The molecule has 0 N–H and O–H groups in total. The van der Waals surface area contributed by atoms with E-state index in [2.05, 4.69) is 31.5 Å². The van der Waals surface area contributed by atoms with Crippen molar-refractivity contribution in [1.29, 1.82) is 0 Å². The van der Waals surface area contributed by atoms with Crippen LogP contribution in [0, 0.1) is 6.92 Å². The number of halogens is 1. The number of aryl methyl sites for hydroxylation is 1. The van der Waals surface area contributed by atoms with E-state index in [1.54, 1.807) is 4.68 Å². The molecule has 1 heterocycles. The molecule has 0 aliphatic carbocycles. The van der Waals surface area contributed by atoms with Gasteiger partial charge in [0.1, 0.15) is 0 Å². The van der Waals surface area contributed by atoms with Crippen molar-refractivity contribution >= 4 is 15.9 Å². The molecule has 0 saturated heterocycles. The number of hydrogen-bond acceptors (Lipinski definition) is 3. The van der Waals surface area contributed by atoms with Crippen LogP contribution in [0.15, 0.2) is 29.0 Å². The summed E-state index contributed by atoms with van der Waals surface area (Å²) in [6, 6.07) is 7.92. The predicted octanol–water partition coefficient (Wildman–Crippen LogP) is 1.73. The van der Waals surface area contributed by atoms with Gasteiger partial charge in [-0.15, -0.1) is 5.10 Å². The second-order valence-corrected chi connectivity index (χ2v) is 3.36. The number of rotatable bonds is 1. The molecule has 1 aromatic heterocycles. The fourth-order valence-electron chi connectivity index (χ4n) is 1.12. The fraction of sp³-hybridized carbons (Fsp3) is 0.125. The molecule has 0 fully saturated rings. The molecule has 0 spiro atoms. The van der Waals surface area contributed by atoms with Crippen LogP contribution in [0.1, 0.15) is 5.56 Å². The molecule has 0 amide bonds. The Hall–Kier alpha value is -1.23. The van der Waals surface area contributed by atoms with Gasteiger partial charge in [0.2, 0.25) is 4.73 Å². The smallest absolute Gasteiger partial charge is 0.187 e. The van der Waals surface area contributed by atoms with Crippen LogP contribution in [-0.2, 0) is 0 Å². The molecule has 0 unspecified atom stereocenters. The molecule has 0 atom stereocenters. The summed E-state index contributed by atoms with van der Waals surface area (Å²) in [5.41, 5.74) is 2.12. The number of hydrogen-bond donors (Lipinski definition) is 0. The van der Waals surface area contributed by atoms with E-state index < -0.39 is 0 Å². The molecule has 0 saturated carbocycles. The lowest BCUT2D eigenvalue weighted by molar-refractivity contribution is 0.779. The second kappa shape index (κ2) is 3.26. The minimum absolute atomic E-state index is 0.613. The molecule has 0 bridgehead atoms. The van der Waals surface area contributed by atoms with Gasteiger partial charge in [-0.1, -0.05) is 18.2 Å². The van der Waals surface area contributed by atoms with E-state index in [9.17, 15) is 0 Å². The summed E-state index contributed by atoms with van der Waals surface area (Å²) >= 11 is 3.26. The molecule has 0 aliphatic rings. The Labute approximate surface area is 83.7 Å². The van der Waals surface area contributed by atoms with E-state index in [1.165, 1.54) is 0 Å². The van der Waals surface area contributed by atoms with Gasteiger partial charge in [-0.3, -0.25) is 0 Å². The Balaban J connectivity index is 2.59. The number of tetrazole rings is 1. The van der Waals surface area contributed by atoms with E-state index in [-0.39, 0.29) is 0 Å². The molecule has 4 nitrogen and oxygen atoms in total. The lowest BCUT2D eigenvalue weighted by atomic mass is 10.2. The highest BCUT2D eigenvalue weighted by atomic mass is 79.9. The zero-order valence-corrected chi connectivity index (χ0v) is 8.56. The van der Waals surface area contributed by atoms with E-state index in [4.69, 9.17) is 0 Å². The van der Waals surface area contributed by atoms with Crippen molar-refractivity contribution in [2.24, 2.45) is 0 Å². The topological polar surface area (TPSA) is 43.6 Å². The van der Waals surface area contributed by atoms with Crippen molar-refractivity contribution in [2.75, 3.05) is 0 Å². The average Bonchev–Trinajstić information content (AvgIpc) is 2.52. The molecule has 66 valence electrons. The normalized spacial score (nSPS) is 10.3. The van der Waals surface area contributed by atoms with Gasteiger partial charge in [0.15, 0.2) is 0 Å². The van der Waals surface area contributed by atoms with Crippen LogP contribution < -0.4 is 0 Å². The highest BCUT2D eigenvalue weighted by Gasteiger charge is 2.05. The maximum Gasteiger partial charge on any atom is 0.222 e. The van der Waals surface area contributed by atoms with Crippen molar-refractivity contribution < 1.29 is 0 Å². The predicted molar refractivity (Wildman–Crippen MR) is 51.6 cm³/mol. The summed E-state index contributed by atoms with van der Waals surface area (Å²) in [5.74, 6) is 0. The van der Waals surface area contributed by atoms with Crippen LogP contribution in [0.25, 0.3) is 5.69 Å². The van der Waals surface area contributed by atoms with E-state index in [0.717, 1.165) is 11.3 Å². The number of para-hydroxylation sites is 1. The SMILES string of the molecule is Cc1ccccc1-n1nnnc1Br. The second-order valence-electron chi connectivity index (χ2n) is 2.65. The first-order chi connectivity index (χ1) is 6.29. The third kappa shape index (κ3) is 1.47. The van der Waals surface area contributed by atoms with Gasteiger partial charge in [-0.25, -0.2) is 0 Å². The van der Waals surface area contributed by atoms with Crippen LogP contribution in [0.4, 0.5) is 0 Å². The molecule has 1 aromatic carbocycles. The van der Waals surface area contributed by atoms with Crippen LogP contribution >= 0.6 is 15.9 Å². The molecule has 2 rings (SSSR count). The standard InChI is InChI=1S/C8H7BrN4/c1-6-4-2-3-5-7(6)13-8(9)10-11-12-13/h2-5H,1H3. The first-order valence-corrected chi connectivity index (χ1v) is 4.58. The van der Waals surface area contributed by atoms with Gasteiger partial charge < -0.3 is 0 Å². The van der Waals surface area contributed by atoms with Gasteiger partial charge in [0, 0.05) is 0 Å². The lowest BCUT2D eigenvalue weighted by Crippen LogP contribution is -1.99. The Bertz CT molecular complexity index is 424. The maximum atomic E-state index is 3.86. The zero-order chi connectivity index (χ0) is 9.26. The molecular weight excluding hydrogens is 232 g/mol. The first kappa shape index (κ1) is 8.37. The third-order valence-corrected chi connectivity index (χ3v) is 2.27. The van der Waals surface area contributed by atoms with Gasteiger partial charge >= 0.3 is 0 Å². The van der Waals surface area contributed by atoms with Crippen LogP contribution in [0.5, 0.6) is 0 Å². The Kier molecular flexibility index (Phi) is 2.10. The van der Waals surface area contributed by atoms with Gasteiger partial charge in [-0.05, 0) is 44.9 Å². The Morgan fingerprint density at radius 1 is 1.31 bits per heavy atom. The number of aromatic nitrogens is 4. The van der Waals surface area contributed by atoms with Crippen molar-refractivity contribution in [3.63, 3.8) is 0 Å². The van der Waals surface area contributed by atoms with Crippen molar-refractivity contribution in [3.05, 3.63) is 34.6 Å². The van der Waals surface area contributed by atoms with Crippen LogP contribution in [0.2, 0.25) is 0 Å². The van der Waals surface area contributed by atoms with Gasteiger partial charge in [0.25, 0.3) is 0 Å². The maximum absolute atomic E-state index is 3.86. The summed E-state index contributed by atoms with van der Waals surface area (Å²) < 4.78 is 2.26. The van der Waals surface area contributed by atoms with E-state index in [1.807, 2.05) is 31.2 Å². The summed E-state index contributed by atoms with van der Waals surface area (Å²) in [6.07, 6.45) is 0. The number of benzene rings is 1. The zero-order valence-electron chi connectivity index (χ0n) is 6.98. The van der Waals surface area contributed by atoms with Crippen molar-refractivity contribution in [1.82, 2.24) is 20.2 Å². The Morgan fingerprint density at radius 2 is 2.08 bits per heavy atom. The largest absolute Gasteiger partial charge is 0.222 e.